The molecule has 2 aromatic carbocycles. The van der Waals surface area contributed by atoms with Crippen molar-refractivity contribution in [3.8, 4) is 0 Å². The summed E-state index contributed by atoms with van der Waals surface area (Å²) in [5.74, 6) is 0.479. The number of aromatic nitrogens is 2. The van der Waals surface area contributed by atoms with E-state index in [0.717, 1.165) is 52.3 Å². The molecule has 5 rings (SSSR count). The topological polar surface area (TPSA) is 49.6 Å². The first-order valence-electron chi connectivity index (χ1n) is 12.1. The molecule has 180 valence electrons. The lowest BCUT2D eigenvalue weighted by atomic mass is 9.89. The molecule has 35 heavy (non-hydrogen) atoms. The van der Waals surface area contributed by atoms with Crippen LogP contribution in [-0.4, -0.2) is 28.4 Å². The first-order chi connectivity index (χ1) is 17.0. The number of piperidine rings is 1. The average Bonchev–Trinajstić information content (AvgIpc) is 3.28. The standard InChI is InChI=1S/C28H28BrClN4O/c1-2-25-26(34-15-3-4-24(29)27(34)32-25)28(35)31-18-19-5-11-23(12-6-19)33-16-13-21(14-17-33)20-7-9-22(30)10-8-20/h3-12,15,21H,2,13-14,16-18H2,1H3,(H,31,35). The van der Waals surface area contributed by atoms with E-state index < -0.39 is 0 Å². The number of hydrogen-bond donors (Lipinski definition) is 1. The highest BCUT2D eigenvalue weighted by Crippen LogP contribution is 2.31. The van der Waals surface area contributed by atoms with Gasteiger partial charge in [-0.2, -0.15) is 0 Å². The van der Waals surface area contributed by atoms with Gasteiger partial charge in [0.05, 0.1) is 10.2 Å². The second-order valence-corrected chi connectivity index (χ2v) is 10.3. The molecule has 0 aliphatic carbocycles. The number of hydrogen-bond acceptors (Lipinski definition) is 3. The monoisotopic (exact) mass is 550 g/mol. The van der Waals surface area contributed by atoms with Crippen LogP contribution >= 0.6 is 27.5 Å². The zero-order valence-corrected chi connectivity index (χ0v) is 22.0. The minimum absolute atomic E-state index is 0.110. The summed E-state index contributed by atoms with van der Waals surface area (Å²) in [6, 6.07) is 20.6. The van der Waals surface area contributed by atoms with Gasteiger partial charge in [-0.25, -0.2) is 4.98 Å². The van der Waals surface area contributed by atoms with Gasteiger partial charge in [0, 0.05) is 36.5 Å². The number of nitrogens with zero attached hydrogens (tertiary/aromatic N) is 3. The van der Waals surface area contributed by atoms with Crippen molar-refractivity contribution in [2.45, 2.75) is 38.6 Å². The lowest BCUT2D eigenvalue weighted by molar-refractivity contribution is 0.0944. The lowest BCUT2D eigenvalue weighted by Crippen LogP contribution is -2.32. The maximum atomic E-state index is 13.1. The molecule has 0 unspecified atom stereocenters. The van der Waals surface area contributed by atoms with Gasteiger partial charge in [0.15, 0.2) is 5.65 Å². The molecule has 0 spiro atoms. The third-order valence-electron chi connectivity index (χ3n) is 6.82. The third kappa shape index (κ3) is 5.09. The number of halogens is 2. The summed E-state index contributed by atoms with van der Waals surface area (Å²) in [6.07, 6.45) is 4.84. The maximum Gasteiger partial charge on any atom is 0.270 e. The van der Waals surface area contributed by atoms with E-state index in [2.05, 4.69) is 67.5 Å². The van der Waals surface area contributed by atoms with E-state index in [-0.39, 0.29) is 5.91 Å². The Kier molecular flexibility index (Phi) is 7.12. The van der Waals surface area contributed by atoms with Crippen LogP contribution in [0.2, 0.25) is 5.02 Å². The van der Waals surface area contributed by atoms with Crippen molar-refractivity contribution >= 4 is 44.8 Å². The third-order valence-corrected chi connectivity index (χ3v) is 7.69. The molecular weight excluding hydrogens is 524 g/mol. The highest BCUT2D eigenvalue weighted by Gasteiger charge is 2.21. The van der Waals surface area contributed by atoms with Gasteiger partial charge in [0.25, 0.3) is 5.91 Å². The molecule has 0 radical (unpaired) electrons. The number of carbonyl (C=O) groups excluding carboxylic acids is 1. The van der Waals surface area contributed by atoms with Gasteiger partial charge in [-0.15, -0.1) is 0 Å². The fourth-order valence-corrected chi connectivity index (χ4v) is 5.42. The largest absolute Gasteiger partial charge is 0.371 e. The highest BCUT2D eigenvalue weighted by molar-refractivity contribution is 9.10. The normalized spacial score (nSPS) is 14.4. The summed E-state index contributed by atoms with van der Waals surface area (Å²) in [5.41, 5.74) is 5.85. The second-order valence-electron chi connectivity index (χ2n) is 8.97. The summed E-state index contributed by atoms with van der Waals surface area (Å²) < 4.78 is 2.73. The summed E-state index contributed by atoms with van der Waals surface area (Å²) in [6.45, 7) is 4.56. The van der Waals surface area contributed by atoms with E-state index in [1.54, 1.807) is 0 Å². The van der Waals surface area contributed by atoms with E-state index in [4.69, 9.17) is 11.6 Å². The van der Waals surface area contributed by atoms with Crippen molar-refractivity contribution in [1.82, 2.24) is 14.7 Å². The molecule has 5 nitrogen and oxygen atoms in total. The molecule has 4 aromatic rings. The Balaban J connectivity index is 1.20. The SMILES string of the molecule is CCc1nc2c(Br)cccn2c1C(=O)NCc1ccc(N2CCC(c3ccc(Cl)cc3)CC2)cc1. The van der Waals surface area contributed by atoms with Gasteiger partial charge in [-0.3, -0.25) is 9.20 Å². The lowest BCUT2D eigenvalue weighted by Gasteiger charge is -2.34. The Morgan fingerprint density at radius 2 is 1.80 bits per heavy atom. The first-order valence-corrected chi connectivity index (χ1v) is 13.2. The average molecular weight is 552 g/mol. The van der Waals surface area contributed by atoms with E-state index in [0.29, 0.717) is 24.6 Å². The number of pyridine rings is 1. The highest BCUT2D eigenvalue weighted by atomic mass is 79.9. The Morgan fingerprint density at radius 1 is 1.09 bits per heavy atom. The number of nitrogens with one attached hydrogen (secondary N) is 1. The predicted octanol–water partition coefficient (Wildman–Crippen LogP) is 6.63. The summed E-state index contributed by atoms with van der Waals surface area (Å²) >= 11 is 9.57. The van der Waals surface area contributed by atoms with E-state index in [9.17, 15) is 4.79 Å². The second kappa shape index (κ2) is 10.4. The van der Waals surface area contributed by atoms with Crippen molar-refractivity contribution in [3.63, 3.8) is 0 Å². The van der Waals surface area contributed by atoms with Crippen molar-refractivity contribution in [3.05, 3.63) is 98.9 Å². The molecule has 0 atom stereocenters. The minimum atomic E-state index is -0.110. The van der Waals surface area contributed by atoms with Gasteiger partial charge in [-0.1, -0.05) is 42.8 Å². The van der Waals surface area contributed by atoms with Crippen LogP contribution in [0.3, 0.4) is 0 Å². The Labute approximate surface area is 219 Å². The Hall–Kier alpha value is -2.83. The van der Waals surface area contributed by atoms with Gasteiger partial charge in [0.1, 0.15) is 5.69 Å². The number of carbonyl (C=O) groups is 1. The van der Waals surface area contributed by atoms with Gasteiger partial charge >= 0.3 is 0 Å². The fraction of sp³-hybridized carbons (Fsp3) is 0.286. The molecule has 1 amide bonds. The summed E-state index contributed by atoms with van der Waals surface area (Å²) in [4.78, 5) is 20.1. The van der Waals surface area contributed by atoms with Gasteiger partial charge < -0.3 is 10.2 Å². The molecular formula is C28H28BrClN4O. The number of benzene rings is 2. The fourth-order valence-electron chi connectivity index (χ4n) is 4.86. The zero-order valence-electron chi connectivity index (χ0n) is 19.7. The number of imidazole rings is 1. The molecule has 7 heteroatoms. The molecule has 0 bridgehead atoms. The predicted molar refractivity (Wildman–Crippen MR) is 146 cm³/mol. The van der Waals surface area contributed by atoms with Crippen LogP contribution in [0.5, 0.6) is 0 Å². The van der Waals surface area contributed by atoms with Crippen LogP contribution in [0.4, 0.5) is 5.69 Å². The molecule has 1 fully saturated rings. The Morgan fingerprint density at radius 3 is 2.49 bits per heavy atom. The molecule has 1 aliphatic heterocycles. The minimum Gasteiger partial charge on any atom is -0.371 e. The van der Waals surface area contributed by atoms with Gasteiger partial charge in [0.2, 0.25) is 0 Å². The number of aryl methyl sites for hydroxylation is 1. The van der Waals surface area contributed by atoms with Crippen LogP contribution in [0.25, 0.3) is 5.65 Å². The smallest absolute Gasteiger partial charge is 0.270 e. The van der Waals surface area contributed by atoms with Crippen LogP contribution in [0.15, 0.2) is 71.3 Å². The molecule has 1 N–H and O–H groups in total. The van der Waals surface area contributed by atoms with Crippen LogP contribution in [0, 0.1) is 0 Å². The van der Waals surface area contributed by atoms with E-state index in [1.165, 1.54) is 11.3 Å². The summed E-state index contributed by atoms with van der Waals surface area (Å²) in [5, 5.41) is 3.87. The van der Waals surface area contributed by atoms with Crippen molar-refractivity contribution in [2.24, 2.45) is 0 Å². The van der Waals surface area contributed by atoms with Crippen molar-refractivity contribution in [2.75, 3.05) is 18.0 Å². The number of fused-ring (bicyclic) bond motifs is 1. The number of rotatable bonds is 6. The zero-order chi connectivity index (χ0) is 24.4. The first kappa shape index (κ1) is 23.9. The summed E-state index contributed by atoms with van der Waals surface area (Å²) in [7, 11) is 0. The molecule has 1 saturated heterocycles. The van der Waals surface area contributed by atoms with E-state index in [1.807, 2.05) is 41.8 Å². The Bertz CT molecular complexity index is 1330. The van der Waals surface area contributed by atoms with Crippen molar-refractivity contribution in [1.29, 1.82) is 0 Å². The van der Waals surface area contributed by atoms with Crippen LogP contribution in [0.1, 0.15) is 53.0 Å². The van der Waals surface area contributed by atoms with Crippen molar-refractivity contribution < 1.29 is 4.79 Å². The number of anilines is 1. The molecule has 0 saturated carbocycles. The van der Waals surface area contributed by atoms with Crippen LogP contribution < -0.4 is 10.2 Å². The van der Waals surface area contributed by atoms with Crippen LogP contribution in [-0.2, 0) is 13.0 Å². The molecule has 2 aromatic heterocycles. The molecule has 1 aliphatic rings. The molecule has 3 heterocycles. The number of amides is 1. The van der Waals surface area contributed by atoms with E-state index >= 15 is 0 Å². The van der Waals surface area contributed by atoms with Gasteiger partial charge in [-0.05, 0) is 88.6 Å². The quantitative estimate of drug-likeness (QED) is 0.293. The maximum absolute atomic E-state index is 13.1.